The van der Waals surface area contributed by atoms with Gasteiger partial charge in [-0.1, -0.05) is 5.16 Å². The van der Waals surface area contributed by atoms with Gasteiger partial charge in [0.15, 0.2) is 0 Å². The highest BCUT2D eigenvalue weighted by atomic mass is 32.2. The Hall–Kier alpha value is -0.880. The summed E-state index contributed by atoms with van der Waals surface area (Å²) in [5.74, 6) is -0.497. The van der Waals surface area contributed by atoms with Crippen molar-refractivity contribution in [1.82, 2.24) is 5.16 Å². The Labute approximate surface area is 57.4 Å². The van der Waals surface area contributed by atoms with Gasteiger partial charge in [-0.25, -0.2) is 0 Å². The van der Waals surface area contributed by atoms with Crippen LogP contribution in [0.15, 0.2) is 16.9 Å². The first-order valence-electron chi connectivity index (χ1n) is 2.42. The molecule has 0 unspecified atom stereocenters. The molecule has 1 rings (SSSR count). The van der Waals surface area contributed by atoms with Gasteiger partial charge in [0.05, 0.1) is 0 Å². The smallest absolute Gasteiger partial charge is 0.270 e. The molecule has 1 aromatic heterocycles. The summed E-state index contributed by atoms with van der Waals surface area (Å²) in [6, 6.07) is 1.37. The van der Waals surface area contributed by atoms with E-state index in [1.54, 1.807) is 0 Å². The SMILES string of the molecule is O=S(=O)(O)Cc1ccon1. The zero-order valence-corrected chi connectivity index (χ0v) is 5.71. The lowest BCUT2D eigenvalue weighted by molar-refractivity contribution is 0.412. The Morgan fingerprint density at radius 2 is 2.40 bits per heavy atom. The third kappa shape index (κ3) is 2.16. The van der Waals surface area contributed by atoms with Crippen molar-refractivity contribution < 1.29 is 17.5 Å². The van der Waals surface area contributed by atoms with Crippen molar-refractivity contribution in [1.29, 1.82) is 0 Å². The number of hydrogen-bond acceptors (Lipinski definition) is 4. The monoisotopic (exact) mass is 163 g/mol. The summed E-state index contributed by atoms with van der Waals surface area (Å²) in [5, 5.41) is 3.29. The van der Waals surface area contributed by atoms with Gasteiger partial charge in [0, 0.05) is 6.07 Å². The van der Waals surface area contributed by atoms with Gasteiger partial charge in [-0.2, -0.15) is 8.42 Å². The maximum Gasteiger partial charge on any atom is 0.270 e. The Balaban J connectivity index is 2.75. The molecule has 5 nitrogen and oxygen atoms in total. The van der Waals surface area contributed by atoms with Crippen molar-refractivity contribution in [2.24, 2.45) is 0 Å². The normalized spacial score (nSPS) is 11.7. The van der Waals surface area contributed by atoms with Crippen molar-refractivity contribution in [2.75, 3.05) is 0 Å². The molecule has 0 aromatic carbocycles. The Bertz CT molecular complexity index is 287. The first kappa shape index (κ1) is 7.23. The average Bonchev–Trinajstić information content (AvgIpc) is 2.12. The largest absolute Gasteiger partial charge is 0.364 e. The van der Waals surface area contributed by atoms with E-state index in [2.05, 4.69) is 9.68 Å². The molecule has 0 spiro atoms. The van der Waals surface area contributed by atoms with Gasteiger partial charge in [-0.3, -0.25) is 4.55 Å². The van der Waals surface area contributed by atoms with Crippen LogP contribution in [0.1, 0.15) is 5.69 Å². The second kappa shape index (κ2) is 2.39. The summed E-state index contributed by atoms with van der Waals surface area (Å²) >= 11 is 0. The third-order valence-electron chi connectivity index (χ3n) is 0.822. The van der Waals surface area contributed by atoms with Crippen molar-refractivity contribution in [3.05, 3.63) is 18.0 Å². The summed E-state index contributed by atoms with van der Waals surface area (Å²) in [4.78, 5) is 0. The van der Waals surface area contributed by atoms with Gasteiger partial charge in [-0.05, 0) is 0 Å². The Morgan fingerprint density at radius 3 is 2.80 bits per heavy atom. The molecule has 56 valence electrons. The lowest BCUT2D eigenvalue weighted by Crippen LogP contribution is -2.01. The van der Waals surface area contributed by atoms with Gasteiger partial charge < -0.3 is 4.52 Å². The lowest BCUT2D eigenvalue weighted by Gasteiger charge is -1.87. The molecule has 0 amide bonds. The van der Waals surface area contributed by atoms with Gasteiger partial charge >= 0.3 is 0 Å². The molecule has 0 saturated carbocycles. The van der Waals surface area contributed by atoms with E-state index in [9.17, 15) is 8.42 Å². The topological polar surface area (TPSA) is 80.4 Å². The molecule has 1 aromatic rings. The minimum Gasteiger partial charge on any atom is -0.364 e. The minimum atomic E-state index is -3.97. The summed E-state index contributed by atoms with van der Waals surface area (Å²) in [6.07, 6.45) is 1.24. The minimum absolute atomic E-state index is 0.197. The van der Waals surface area contributed by atoms with Crippen LogP contribution in [0.25, 0.3) is 0 Å². The van der Waals surface area contributed by atoms with Gasteiger partial charge in [-0.15, -0.1) is 0 Å². The van der Waals surface area contributed by atoms with Crippen LogP contribution in [0.5, 0.6) is 0 Å². The van der Waals surface area contributed by atoms with Gasteiger partial charge in [0.1, 0.15) is 17.7 Å². The molecule has 1 N–H and O–H groups in total. The molecule has 0 saturated heterocycles. The Kier molecular flexibility index (Phi) is 1.73. The molecule has 0 radical (unpaired) electrons. The number of hydrogen-bond donors (Lipinski definition) is 1. The van der Waals surface area contributed by atoms with Gasteiger partial charge in [0.2, 0.25) is 0 Å². The van der Waals surface area contributed by atoms with Crippen LogP contribution in [0.3, 0.4) is 0 Å². The second-order valence-corrected chi connectivity index (χ2v) is 3.17. The molecule has 0 aliphatic heterocycles. The van der Waals surface area contributed by atoms with E-state index in [4.69, 9.17) is 4.55 Å². The standard InChI is InChI=1S/C4H5NO4S/c6-10(7,8)3-4-1-2-9-5-4/h1-2H,3H2,(H,6,7,8). The maximum absolute atomic E-state index is 10.2. The van der Waals surface area contributed by atoms with E-state index in [0.29, 0.717) is 0 Å². The van der Waals surface area contributed by atoms with E-state index in [-0.39, 0.29) is 5.69 Å². The second-order valence-electron chi connectivity index (χ2n) is 1.72. The fourth-order valence-corrected chi connectivity index (χ4v) is 1.02. The van der Waals surface area contributed by atoms with Crippen LogP contribution in [0, 0.1) is 0 Å². The molecule has 1 heterocycles. The predicted octanol–water partition coefficient (Wildman–Crippen LogP) is 0.0624. The van der Waals surface area contributed by atoms with E-state index in [1.165, 1.54) is 12.3 Å². The zero-order valence-electron chi connectivity index (χ0n) is 4.89. The van der Waals surface area contributed by atoms with Crippen LogP contribution < -0.4 is 0 Å². The summed E-state index contributed by atoms with van der Waals surface area (Å²) < 4.78 is 33.0. The summed E-state index contributed by atoms with van der Waals surface area (Å²) in [7, 11) is -3.97. The van der Waals surface area contributed by atoms with Crippen LogP contribution in [-0.2, 0) is 15.9 Å². The van der Waals surface area contributed by atoms with Crippen molar-refractivity contribution in [3.8, 4) is 0 Å². The predicted molar refractivity (Wildman–Crippen MR) is 31.8 cm³/mol. The van der Waals surface area contributed by atoms with Crippen molar-refractivity contribution in [2.45, 2.75) is 5.75 Å². The van der Waals surface area contributed by atoms with E-state index in [0.717, 1.165) is 0 Å². The quantitative estimate of drug-likeness (QED) is 0.623. The van der Waals surface area contributed by atoms with E-state index < -0.39 is 15.9 Å². The Morgan fingerprint density at radius 1 is 1.70 bits per heavy atom. The fraction of sp³-hybridized carbons (Fsp3) is 0.250. The highest BCUT2D eigenvalue weighted by Crippen LogP contribution is 1.99. The first-order valence-corrected chi connectivity index (χ1v) is 4.03. The molecule has 6 heteroatoms. The zero-order chi connectivity index (χ0) is 7.61. The van der Waals surface area contributed by atoms with Crippen molar-refractivity contribution >= 4 is 10.1 Å². The van der Waals surface area contributed by atoms with Crippen LogP contribution in [-0.4, -0.2) is 18.1 Å². The van der Waals surface area contributed by atoms with Crippen molar-refractivity contribution in [3.63, 3.8) is 0 Å². The van der Waals surface area contributed by atoms with Crippen LogP contribution >= 0.6 is 0 Å². The number of nitrogens with zero attached hydrogens (tertiary/aromatic N) is 1. The molecular formula is C4H5NO4S. The maximum atomic E-state index is 10.2. The third-order valence-corrected chi connectivity index (χ3v) is 1.48. The highest BCUT2D eigenvalue weighted by molar-refractivity contribution is 7.84. The molecular weight excluding hydrogens is 158 g/mol. The molecule has 0 aliphatic rings. The number of rotatable bonds is 2. The number of aromatic nitrogens is 1. The van der Waals surface area contributed by atoms with Gasteiger partial charge in [0.25, 0.3) is 10.1 Å². The molecule has 10 heavy (non-hydrogen) atoms. The molecule has 0 bridgehead atoms. The lowest BCUT2D eigenvalue weighted by atomic mass is 10.5. The summed E-state index contributed by atoms with van der Waals surface area (Å²) in [5.41, 5.74) is 0.197. The average molecular weight is 163 g/mol. The molecule has 0 aliphatic carbocycles. The molecule has 0 fully saturated rings. The molecule has 0 atom stereocenters. The van der Waals surface area contributed by atoms with Crippen LogP contribution in [0.4, 0.5) is 0 Å². The fourth-order valence-electron chi connectivity index (χ4n) is 0.499. The van der Waals surface area contributed by atoms with E-state index in [1.807, 2.05) is 0 Å². The first-order chi connectivity index (χ1) is 4.58. The summed E-state index contributed by atoms with van der Waals surface area (Å²) in [6.45, 7) is 0. The van der Waals surface area contributed by atoms with Crippen LogP contribution in [0.2, 0.25) is 0 Å². The highest BCUT2D eigenvalue weighted by Gasteiger charge is 2.07. The van der Waals surface area contributed by atoms with E-state index >= 15 is 0 Å².